The summed E-state index contributed by atoms with van der Waals surface area (Å²) in [5.74, 6) is 2.04. The molecular formula is C17H20ClN7O. The highest BCUT2D eigenvalue weighted by Crippen LogP contribution is 2.20. The monoisotopic (exact) mass is 373 g/mol. The van der Waals surface area contributed by atoms with Gasteiger partial charge in [-0.15, -0.1) is 10.2 Å². The maximum absolute atomic E-state index is 6.02. The molecule has 9 heteroatoms. The number of hydrogen-bond acceptors (Lipinski definition) is 7. The van der Waals surface area contributed by atoms with Crippen LogP contribution in [0, 0.1) is 6.92 Å². The predicted octanol–water partition coefficient (Wildman–Crippen LogP) is 2.82. The Morgan fingerprint density at radius 1 is 1.31 bits per heavy atom. The summed E-state index contributed by atoms with van der Waals surface area (Å²) in [6.45, 7) is 3.52. The average molecular weight is 374 g/mol. The Kier molecular flexibility index (Phi) is 4.75. The predicted molar refractivity (Wildman–Crippen MR) is 98.5 cm³/mol. The minimum Gasteiger partial charge on any atom is -0.408 e. The summed E-state index contributed by atoms with van der Waals surface area (Å²) in [6, 6.07) is 8.68. The van der Waals surface area contributed by atoms with E-state index in [0.29, 0.717) is 30.3 Å². The molecule has 3 aromatic rings. The van der Waals surface area contributed by atoms with Crippen molar-refractivity contribution in [3.63, 3.8) is 0 Å². The molecule has 0 atom stereocenters. The number of nitrogens with zero attached hydrogens (tertiary/aromatic N) is 5. The third kappa shape index (κ3) is 3.96. The van der Waals surface area contributed by atoms with Crippen LogP contribution >= 0.6 is 11.6 Å². The zero-order chi connectivity index (χ0) is 17.9. The summed E-state index contributed by atoms with van der Waals surface area (Å²) in [5.41, 5.74) is 1.10. The molecule has 1 aliphatic heterocycles. The topological polar surface area (TPSA) is 95.8 Å². The molecule has 1 aromatic carbocycles. The van der Waals surface area contributed by atoms with E-state index in [-0.39, 0.29) is 0 Å². The highest BCUT2D eigenvalue weighted by Gasteiger charge is 2.23. The number of benzene rings is 1. The fourth-order valence-corrected chi connectivity index (χ4v) is 3.30. The number of nitrogens with one attached hydrogen (secondary N) is 2. The van der Waals surface area contributed by atoms with Crippen LogP contribution in [-0.2, 0) is 6.42 Å². The Bertz CT molecular complexity index is 869. The number of aromatic nitrogens is 5. The molecule has 2 N–H and O–H groups in total. The second-order valence-corrected chi connectivity index (χ2v) is 6.86. The van der Waals surface area contributed by atoms with Crippen molar-refractivity contribution >= 4 is 23.6 Å². The van der Waals surface area contributed by atoms with Crippen LogP contribution in [0.5, 0.6) is 0 Å². The number of piperidine rings is 1. The van der Waals surface area contributed by atoms with E-state index in [2.05, 4.69) is 35.6 Å². The lowest BCUT2D eigenvalue weighted by molar-refractivity contribution is 0.458. The Morgan fingerprint density at radius 2 is 2.15 bits per heavy atom. The molecule has 0 aliphatic carbocycles. The minimum absolute atomic E-state index is 0.324. The normalized spacial score (nSPS) is 15.4. The highest BCUT2D eigenvalue weighted by molar-refractivity contribution is 6.30. The largest absolute Gasteiger partial charge is 0.408 e. The van der Waals surface area contributed by atoms with E-state index in [1.54, 1.807) is 6.92 Å². The van der Waals surface area contributed by atoms with Gasteiger partial charge in [-0.05, 0) is 30.5 Å². The van der Waals surface area contributed by atoms with E-state index in [0.717, 1.165) is 42.3 Å². The van der Waals surface area contributed by atoms with Gasteiger partial charge in [-0.2, -0.15) is 4.98 Å². The number of rotatable bonds is 5. The maximum Gasteiger partial charge on any atom is 0.318 e. The second kappa shape index (κ2) is 7.33. The van der Waals surface area contributed by atoms with Gasteiger partial charge in [-0.25, -0.2) is 0 Å². The van der Waals surface area contributed by atoms with Gasteiger partial charge in [-0.1, -0.05) is 28.8 Å². The zero-order valence-electron chi connectivity index (χ0n) is 14.4. The Labute approximate surface area is 156 Å². The van der Waals surface area contributed by atoms with Crippen molar-refractivity contribution in [2.24, 2.45) is 0 Å². The molecule has 3 heterocycles. The van der Waals surface area contributed by atoms with Crippen LogP contribution < -0.4 is 10.2 Å². The van der Waals surface area contributed by atoms with Gasteiger partial charge in [0, 0.05) is 37.5 Å². The zero-order valence-corrected chi connectivity index (χ0v) is 15.2. The molecule has 8 nitrogen and oxygen atoms in total. The third-order valence-corrected chi connectivity index (χ3v) is 4.64. The molecule has 1 fully saturated rings. The SMILES string of the molecule is Cc1nnc(N2CCC(Nc3n[nH]c(Cc4cccc(Cl)c4)n3)CC2)o1. The molecule has 4 rings (SSSR count). The standard InChI is InChI=1S/C17H20ClN7O/c1-11-21-24-17(26-11)25-7-5-14(6-8-25)19-16-20-15(22-23-16)10-12-3-2-4-13(18)9-12/h2-4,9,14H,5-8,10H2,1H3,(H2,19,20,22,23). The van der Waals surface area contributed by atoms with E-state index in [1.165, 1.54) is 0 Å². The molecule has 1 saturated heterocycles. The lowest BCUT2D eigenvalue weighted by atomic mass is 10.1. The fraction of sp³-hybridized carbons (Fsp3) is 0.412. The van der Waals surface area contributed by atoms with E-state index >= 15 is 0 Å². The molecule has 0 spiro atoms. The first-order valence-electron chi connectivity index (χ1n) is 8.63. The van der Waals surface area contributed by atoms with Gasteiger partial charge in [0.15, 0.2) is 0 Å². The summed E-state index contributed by atoms with van der Waals surface area (Å²) >= 11 is 6.02. The van der Waals surface area contributed by atoms with Gasteiger partial charge in [0.1, 0.15) is 5.82 Å². The van der Waals surface area contributed by atoms with Crippen LogP contribution in [0.15, 0.2) is 28.7 Å². The van der Waals surface area contributed by atoms with Gasteiger partial charge >= 0.3 is 6.01 Å². The maximum atomic E-state index is 6.02. The van der Waals surface area contributed by atoms with Gasteiger partial charge in [-0.3, -0.25) is 5.10 Å². The minimum atomic E-state index is 0.324. The molecule has 26 heavy (non-hydrogen) atoms. The van der Waals surface area contributed by atoms with Crippen LogP contribution in [0.3, 0.4) is 0 Å². The second-order valence-electron chi connectivity index (χ2n) is 6.42. The van der Waals surface area contributed by atoms with Crippen LogP contribution in [0.1, 0.15) is 30.1 Å². The summed E-state index contributed by atoms with van der Waals surface area (Å²) in [4.78, 5) is 6.65. The number of H-pyrrole nitrogens is 1. The highest BCUT2D eigenvalue weighted by atomic mass is 35.5. The number of halogens is 1. The average Bonchev–Trinajstić information content (AvgIpc) is 3.25. The van der Waals surface area contributed by atoms with Crippen molar-refractivity contribution in [2.45, 2.75) is 32.2 Å². The van der Waals surface area contributed by atoms with E-state index < -0.39 is 0 Å². The molecule has 0 unspecified atom stereocenters. The number of hydrogen-bond donors (Lipinski definition) is 2. The number of aryl methyl sites for hydroxylation is 1. The summed E-state index contributed by atoms with van der Waals surface area (Å²) in [7, 11) is 0. The van der Waals surface area contributed by atoms with E-state index in [4.69, 9.17) is 16.0 Å². The van der Waals surface area contributed by atoms with Crippen LogP contribution in [0.25, 0.3) is 0 Å². The first-order valence-corrected chi connectivity index (χ1v) is 9.01. The van der Waals surface area contributed by atoms with Crippen molar-refractivity contribution in [1.29, 1.82) is 0 Å². The van der Waals surface area contributed by atoms with Crippen LogP contribution in [0.4, 0.5) is 12.0 Å². The van der Waals surface area contributed by atoms with Gasteiger partial charge in [0.25, 0.3) is 0 Å². The molecule has 0 bridgehead atoms. The summed E-state index contributed by atoms with van der Waals surface area (Å²) in [6.07, 6.45) is 2.59. The van der Waals surface area contributed by atoms with Crippen molar-refractivity contribution in [1.82, 2.24) is 25.4 Å². The van der Waals surface area contributed by atoms with Crippen molar-refractivity contribution in [2.75, 3.05) is 23.3 Å². The first-order chi connectivity index (χ1) is 12.7. The Balaban J connectivity index is 1.31. The van der Waals surface area contributed by atoms with E-state index in [1.807, 2.05) is 24.3 Å². The fourth-order valence-electron chi connectivity index (χ4n) is 3.09. The van der Waals surface area contributed by atoms with Crippen molar-refractivity contribution in [3.8, 4) is 0 Å². The molecule has 1 aliphatic rings. The van der Waals surface area contributed by atoms with Gasteiger partial charge in [0.2, 0.25) is 11.8 Å². The lowest BCUT2D eigenvalue weighted by Crippen LogP contribution is -2.39. The third-order valence-electron chi connectivity index (χ3n) is 4.41. The van der Waals surface area contributed by atoms with Crippen LogP contribution in [0.2, 0.25) is 5.02 Å². The molecule has 0 radical (unpaired) electrons. The van der Waals surface area contributed by atoms with Crippen molar-refractivity contribution in [3.05, 3.63) is 46.6 Å². The summed E-state index contributed by atoms with van der Waals surface area (Å²) in [5, 5.41) is 19.4. The molecular weight excluding hydrogens is 354 g/mol. The quantitative estimate of drug-likeness (QED) is 0.709. The van der Waals surface area contributed by atoms with E-state index in [9.17, 15) is 0 Å². The first kappa shape index (κ1) is 16.8. The molecule has 2 aromatic heterocycles. The molecule has 0 saturated carbocycles. The number of anilines is 2. The van der Waals surface area contributed by atoms with Crippen molar-refractivity contribution < 1.29 is 4.42 Å². The molecule has 0 amide bonds. The van der Waals surface area contributed by atoms with Gasteiger partial charge < -0.3 is 14.6 Å². The number of aromatic amines is 1. The van der Waals surface area contributed by atoms with Gasteiger partial charge in [0.05, 0.1) is 0 Å². The smallest absolute Gasteiger partial charge is 0.318 e. The molecule has 136 valence electrons. The van der Waals surface area contributed by atoms with Crippen LogP contribution in [-0.4, -0.2) is 44.5 Å². The summed E-state index contributed by atoms with van der Waals surface area (Å²) < 4.78 is 5.49. The Morgan fingerprint density at radius 3 is 2.88 bits per heavy atom. The lowest BCUT2D eigenvalue weighted by Gasteiger charge is -2.30. The Hall–Kier alpha value is -2.61.